The molecule has 0 heterocycles. The zero-order valence-electron chi connectivity index (χ0n) is 10.5. The molecule has 4 heteroatoms. The van der Waals surface area contributed by atoms with Gasteiger partial charge in [-0.25, -0.2) is 8.78 Å². The van der Waals surface area contributed by atoms with Crippen molar-refractivity contribution in [3.05, 3.63) is 58.6 Å². The summed E-state index contributed by atoms with van der Waals surface area (Å²) in [6.07, 6.45) is 0. The molecule has 19 heavy (non-hydrogen) atoms. The zero-order chi connectivity index (χ0) is 13.8. The number of nitrogens with one attached hydrogen (secondary N) is 1. The molecule has 1 nitrogen and oxygen atoms in total. The summed E-state index contributed by atoms with van der Waals surface area (Å²) in [6, 6.07) is 8.61. The molecule has 0 saturated heterocycles. The first-order chi connectivity index (χ1) is 9.11. The molecule has 0 bridgehead atoms. The van der Waals surface area contributed by atoms with Gasteiger partial charge in [-0.1, -0.05) is 30.7 Å². The lowest BCUT2D eigenvalue weighted by molar-refractivity contribution is 0.603. The van der Waals surface area contributed by atoms with Gasteiger partial charge in [0.1, 0.15) is 11.6 Å². The van der Waals surface area contributed by atoms with Gasteiger partial charge >= 0.3 is 0 Å². The van der Waals surface area contributed by atoms with E-state index >= 15 is 0 Å². The van der Waals surface area contributed by atoms with Gasteiger partial charge in [0.2, 0.25) is 0 Å². The van der Waals surface area contributed by atoms with Gasteiger partial charge in [-0.15, -0.1) is 0 Å². The van der Waals surface area contributed by atoms with Gasteiger partial charge in [-0.2, -0.15) is 0 Å². The van der Waals surface area contributed by atoms with Crippen molar-refractivity contribution in [1.82, 2.24) is 5.32 Å². The fraction of sp³-hybridized carbons (Fsp3) is 0.200. The highest BCUT2D eigenvalue weighted by Gasteiger charge is 2.09. The van der Waals surface area contributed by atoms with E-state index in [0.29, 0.717) is 17.1 Å². The number of hydrogen-bond donors (Lipinski definition) is 1. The van der Waals surface area contributed by atoms with Gasteiger partial charge in [-0.05, 0) is 41.9 Å². The van der Waals surface area contributed by atoms with Gasteiger partial charge in [0.25, 0.3) is 0 Å². The van der Waals surface area contributed by atoms with E-state index in [4.69, 9.17) is 11.6 Å². The summed E-state index contributed by atoms with van der Waals surface area (Å²) in [7, 11) is 0. The summed E-state index contributed by atoms with van der Waals surface area (Å²) >= 11 is 6.15. The first-order valence-corrected chi connectivity index (χ1v) is 6.44. The summed E-state index contributed by atoms with van der Waals surface area (Å²) in [6.45, 7) is 3.50. The van der Waals surface area contributed by atoms with Crippen molar-refractivity contribution in [3.63, 3.8) is 0 Å². The van der Waals surface area contributed by atoms with Crippen LogP contribution in [0.4, 0.5) is 8.78 Å². The SMILES string of the molecule is CCNCc1ccc(-c2cc(F)ccc2F)cc1Cl. The molecule has 0 unspecified atom stereocenters. The highest BCUT2D eigenvalue weighted by atomic mass is 35.5. The minimum absolute atomic E-state index is 0.219. The van der Waals surface area contributed by atoms with Gasteiger partial charge < -0.3 is 5.32 Å². The van der Waals surface area contributed by atoms with Gasteiger partial charge in [-0.3, -0.25) is 0 Å². The van der Waals surface area contributed by atoms with Crippen LogP contribution >= 0.6 is 11.6 Å². The van der Waals surface area contributed by atoms with E-state index in [-0.39, 0.29) is 5.56 Å². The highest BCUT2D eigenvalue weighted by Crippen LogP contribution is 2.28. The lowest BCUT2D eigenvalue weighted by Gasteiger charge is -2.09. The van der Waals surface area contributed by atoms with Crippen molar-refractivity contribution in [2.45, 2.75) is 13.5 Å². The maximum absolute atomic E-state index is 13.7. The molecule has 0 aliphatic heterocycles. The Labute approximate surface area is 116 Å². The Hall–Kier alpha value is -1.45. The molecule has 0 radical (unpaired) electrons. The first kappa shape index (κ1) is 14.0. The maximum atomic E-state index is 13.7. The molecule has 1 N–H and O–H groups in total. The normalized spacial score (nSPS) is 10.7. The molecule has 2 rings (SSSR count). The molecule has 2 aromatic rings. The third-order valence-electron chi connectivity index (χ3n) is 2.86. The van der Waals surface area contributed by atoms with Crippen LogP contribution in [0.1, 0.15) is 12.5 Å². The second-order valence-corrected chi connectivity index (χ2v) is 4.62. The quantitative estimate of drug-likeness (QED) is 0.876. The van der Waals surface area contributed by atoms with Crippen LogP contribution in [0.5, 0.6) is 0 Å². The van der Waals surface area contributed by atoms with Crippen molar-refractivity contribution >= 4 is 11.6 Å². The van der Waals surface area contributed by atoms with Crippen LogP contribution in [0.15, 0.2) is 36.4 Å². The Kier molecular flexibility index (Phi) is 4.51. The Bertz CT molecular complexity index is 584. The maximum Gasteiger partial charge on any atom is 0.131 e. The van der Waals surface area contributed by atoms with Crippen LogP contribution in [0.2, 0.25) is 5.02 Å². The Balaban J connectivity index is 2.36. The minimum atomic E-state index is -0.468. The molecule has 0 aromatic heterocycles. The lowest BCUT2D eigenvalue weighted by Crippen LogP contribution is -2.11. The monoisotopic (exact) mass is 281 g/mol. The summed E-state index contributed by atoms with van der Waals surface area (Å²) in [5.41, 5.74) is 1.73. The predicted octanol–water partition coefficient (Wildman–Crippen LogP) is 4.39. The molecule has 0 amide bonds. The second-order valence-electron chi connectivity index (χ2n) is 4.21. The summed E-state index contributed by atoms with van der Waals surface area (Å²) in [5, 5.41) is 3.71. The zero-order valence-corrected chi connectivity index (χ0v) is 11.3. The van der Waals surface area contributed by atoms with Crippen LogP contribution < -0.4 is 5.32 Å². The van der Waals surface area contributed by atoms with Crippen molar-refractivity contribution in [1.29, 1.82) is 0 Å². The van der Waals surface area contributed by atoms with Gasteiger partial charge in [0.15, 0.2) is 0 Å². The molecule has 2 aromatic carbocycles. The Morgan fingerprint density at radius 1 is 1.11 bits per heavy atom. The number of benzene rings is 2. The Morgan fingerprint density at radius 3 is 2.58 bits per heavy atom. The molecule has 0 aliphatic rings. The van der Waals surface area contributed by atoms with Crippen molar-refractivity contribution < 1.29 is 8.78 Å². The Morgan fingerprint density at radius 2 is 1.89 bits per heavy atom. The van der Waals surface area contributed by atoms with Crippen LogP contribution in [0, 0.1) is 11.6 Å². The third-order valence-corrected chi connectivity index (χ3v) is 3.21. The summed E-state index contributed by atoms with van der Waals surface area (Å²) < 4.78 is 26.8. The second kappa shape index (κ2) is 6.13. The topological polar surface area (TPSA) is 12.0 Å². The average molecular weight is 282 g/mol. The summed E-state index contributed by atoms with van der Waals surface area (Å²) in [4.78, 5) is 0. The van der Waals surface area contributed by atoms with Crippen molar-refractivity contribution in [2.24, 2.45) is 0 Å². The van der Waals surface area contributed by atoms with Crippen LogP contribution in [0.25, 0.3) is 11.1 Å². The van der Waals surface area contributed by atoms with E-state index in [0.717, 1.165) is 24.2 Å². The number of rotatable bonds is 4. The standard InChI is InChI=1S/C15H14ClF2N/c1-2-19-9-11-4-3-10(7-14(11)16)13-8-12(17)5-6-15(13)18/h3-8,19H,2,9H2,1H3. The van der Waals surface area contributed by atoms with Gasteiger partial charge in [0, 0.05) is 17.1 Å². The van der Waals surface area contributed by atoms with Crippen LogP contribution in [-0.4, -0.2) is 6.54 Å². The fourth-order valence-corrected chi connectivity index (χ4v) is 2.08. The van der Waals surface area contributed by atoms with Crippen molar-refractivity contribution in [3.8, 4) is 11.1 Å². The minimum Gasteiger partial charge on any atom is -0.313 e. The number of halogens is 3. The molecule has 0 spiro atoms. The first-order valence-electron chi connectivity index (χ1n) is 6.06. The van der Waals surface area contributed by atoms with E-state index in [1.807, 2.05) is 13.0 Å². The van der Waals surface area contributed by atoms with Crippen LogP contribution in [-0.2, 0) is 6.54 Å². The predicted molar refractivity (Wildman–Crippen MR) is 74.2 cm³/mol. The fourth-order valence-electron chi connectivity index (χ4n) is 1.84. The average Bonchev–Trinajstić information content (AvgIpc) is 2.40. The van der Waals surface area contributed by atoms with Gasteiger partial charge in [0.05, 0.1) is 0 Å². The van der Waals surface area contributed by atoms with E-state index in [9.17, 15) is 8.78 Å². The smallest absolute Gasteiger partial charge is 0.131 e. The van der Waals surface area contributed by atoms with Crippen LogP contribution in [0.3, 0.4) is 0 Å². The van der Waals surface area contributed by atoms with E-state index in [2.05, 4.69) is 5.32 Å². The highest BCUT2D eigenvalue weighted by molar-refractivity contribution is 6.31. The largest absolute Gasteiger partial charge is 0.313 e. The van der Waals surface area contributed by atoms with E-state index < -0.39 is 11.6 Å². The van der Waals surface area contributed by atoms with E-state index in [1.165, 1.54) is 6.07 Å². The number of hydrogen-bond acceptors (Lipinski definition) is 1. The van der Waals surface area contributed by atoms with E-state index in [1.54, 1.807) is 12.1 Å². The third kappa shape index (κ3) is 3.31. The molecule has 0 aliphatic carbocycles. The lowest BCUT2D eigenvalue weighted by atomic mass is 10.0. The molecule has 0 saturated carbocycles. The molecule has 0 atom stereocenters. The molecular weight excluding hydrogens is 268 g/mol. The van der Waals surface area contributed by atoms with Crippen molar-refractivity contribution in [2.75, 3.05) is 6.54 Å². The summed E-state index contributed by atoms with van der Waals surface area (Å²) in [5.74, 6) is -0.929. The molecular formula is C15H14ClF2N. The molecule has 100 valence electrons. The molecule has 0 fully saturated rings.